The third-order valence-corrected chi connectivity index (χ3v) is 2.39. The highest BCUT2D eigenvalue weighted by Crippen LogP contribution is 2.35. The number of H-pyrrole nitrogens is 1. The molecule has 0 atom stereocenters. The molecule has 2 aromatic rings. The Labute approximate surface area is 98.6 Å². The van der Waals surface area contributed by atoms with E-state index in [9.17, 15) is 18.0 Å². The molecule has 0 saturated heterocycles. The van der Waals surface area contributed by atoms with Crippen molar-refractivity contribution in [3.63, 3.8) is 0 Å². The van der Waals surface area contributed by atoms with E-state index in [-0.39, 0.29) is 17.1 Å². The molecule has 18 heavy (non-hydrogen) atoms. The second kappa shape index (κ2) is 3.86. The molecule has 2 aromatic heterocycles. The Morgan fingerprint density at radius 2 is 2.17 bits per heavy atom. The third-order valence-electron chi connectivity index (χ3n) is 2.39. The van der Waals surface area contributed by atoms with Gasteiger partial charge in [0, 0.05) is 13.2 Å². The standard InChI is InChI=1S/C9H8F3N5O/c1-17-5(3-14-8(17)7(13)18)4-2-15-16-6(4)9(10,11)12/h2-3H,1H3,(H2,13,18)(H,15,16). The topological polar surface area (TPSA) is 89.6 Å². The van der Waals surface area contributed by atoms with Crippen LogP contribution in [0.3, 0.4) is 0 Å². The Morgan fingerprint density at radius 3 is 2.67 bits per heavy atom. The van der Waals surface area contributed by atoms with E-state index >= 15 is 0 Å². The van der Waals surface area contributed by atoms with E-state index < -0.39 is 17.8 Å². The van der Waals surface area contributed by atoms with Crippen LogP contribution in [0.5, 0.6) is 0 Å². The van der Waals surface area contributed by atoms with E-state index in [4.69, 9.17) is 5.73 Å². The number of nitrogens with zero attached hydrogens (tertiary/aromatic N) is 3. The minimum Gasteiger partial charge on any atom is -0.363 e. The predicted molar refractivity (Wildman–Crippen MR) is 54.3 cm³/mol. The van der Waals surface area contributed by atoms with Crippen molar-refractivity contribution in [1.29, 1.82) is 0 Å². The fraction of sp³-hybridized carbons (Fsp3) is 0.222. The van der Waals surface area contributed by atoms with Gasteiger partial charge in [0.2, 0.25) is 0 Å². The first kappa shape index (κ1) is 12.1. The molecule has 96 valence electrons. The van der Waals surface area contributed by atoms with Gasteiger partial charge >= 0.3 is 6.18 Å². The number of imidazole rings is 1. The normalized spacial score (nSPS) is 11.8. The molecule has 0 aliphatic rings. The van der Waals surface area contributed by atoms with Crippen LogP contribution in [0.4, 0.5) is 13.2 Å². The average molecular weight is 259 g/mol. The van der Waals surface area contributed by atoms with Gasteiger partial charge in [-0.15, -0.1) is 0 Å². The number of aromatic nitrogens is 4. The number of primary amides is 1. The Morgan fingerprint density at radius 1 is 1.50 bits per heavy atom. The summed E-state index contributed by atoms with van der Waals surface area (Å²) in [6.45, 7) is 0. The Kier molecular flexibility index (Phi) is 2.60. The molecular formula is C9H8F3N5O. The van der Waals surface area contributed by atoms with Crippen LogP contribution in [0, 0.1) is 0 Å². The molecule has 0 saturated carbocycles. The lowest BCUT2D eigenvalue weighted by atomic mass is 10.2. The minimum atomic E-state index is -4.59. The van der Waals surface area contributed by atoms with Crippen LogP contribution in [0.25, 0.3) is 11.3 Å². The first-order valence-corrected chi connectivity index (χ1v) is 4.75. The van der Waals surface area contributed by atoms with Crippen molar-refractivity contribution in [1.82, 2.24) is 19.7 Å². The molecule has 0 fully saturated rings. The molecule has 1 amide bonds. The van der Waals surface area contributed by atoms with Crippen LogP contribution in [0.15, 0.2) is 12.4 Å². The summed E-state index contributed by atoms with van der Waals surface area (Å²) in [5.74, 6) is -0.944. The lowest BCUT2D eigenvalue weighted by Crippen LogP contribution is -2.17. The fourth-order valence-electron chi connectivity index (χ4n) is 1.59. The van der Waals surface area contributed by atoms with Gasteiger partial charge in [-0.3, -0.25) is 9.89 Å². The van der Waals surface area contributed by atoms with Gasteiger partial charge in [0.1, 0.15) is 0 Å². The Bertz CT molecular complexity index is 598. The van der Waals surface area contributed by atoms with E-state index in [2.05, 4.69) is 15.2 Å². The number of nitrogens with one attached hydrogen (secondary N) is 1. The highest BCUT2D eigenvalue weighted by molar-refractivity contribution is 5.90. The third kappa shape index (κ3) is 1.83. The van der Waals surface area contributed by atoms with Crippen molar-refractivity contribution in [2.24, 2.45) is 12.8 Å². The number of hydrogen-bond donors (Lipinski definition) is 2. The molecule has 9 heteroatoms. The molecule has 0 radical (unpaired) electrons. The molecular weight excluding hydrogens is 251 g/mol. The maximum absolute atomic E-state index is 12.7. The zero-order valence-corrected chi connectivity index (χ0v) is 9.12. The first-order chi connectivity index (χ1) is 8.32. The Balaban J connectivity index is 2.57. The van der Waals surface area contributed by atoms with Crippen LogP contribution in [-0.2, 0) is 13.2 Å². The number of amides is 1. The van der Waals surface area contributed by atoms with Gasteiger partial charge in [0.25, 0.3) is 5.91 Å². The van der Waals surface area contributed by atoms with Crippen molar-refractivity contribution in [2.45, 2.75) is 6.18 Å². The van der Waals surface area contributed by atoms with E-state index in [0.717, 1.165) is 12.4 Å². The molecule has 6 nitrogen and oxygen atoms in total. The Hall–Kier alpha value is -2.32. The van der Waals surface area contributed by atoms with Crippen molar-refractivity contribution < 1.29 is 18.0 Å². The lowest BCUT2D eigenvalue weighted by molar-refractivity contribution is -0.140. The van der Waals surface area contributed by atoms with Crippen LogP contribution in [-0.4, -0.2) is 25.7 Å². The largest absolute Gasteiger partial charge is 0.435 e. The van der Waals surface area contributed by atoms with Gasteiger partial charge in [-0.2, -0.15) is 18.3 Å². The van der Waals surface area contributed by atoms with E-state index in [0.29, 0.717) is 0 Å². The second-order valence-corrected chi connectivity index (χ2v) is 3.54. The van der Waals surface area contributed by atoms with Crippen LogP contribution in [0.2, 0.25) is 0 Å². The molecule has 0 bridgehead atoms. The minimum absolute atomic E-state index is 0.102. The average Bonchev–Trinajstić information content (AvgIpc) is 2.81. The van der Waals surface area contributed by atoms with E-state index in [1.807, 2.05) is 0 Å². The van der Waals surface area contributed by atoms with E-state index in [1.165, 1.54) is 11.6 Å². The van der Waals surface area contributed by atoms with Crippen molar-refractivity contribution in [2.75, 3.05) is 0 Å². The SMILES string of the molecule is Cn1c(-c2c[nH]nc2C(F)(F)F)cnc1C(N)=O. The smallest absolute Gasteiger partial charge is 0.363 e. The van der Waals surface area contributed by atoms with Gasteiger partial charge in [-0.25, -0.2) is 4.98 Å². The highest BCUT2D eigenvalue weighted by Gasteiger charge is 2.37. The summed E-state index contributed by atoms with van der Waals surface area (Å²) < 4.78 is 39.2. The maximum Gasteiger partial charge on any atom is 0.435 e. The molecule has 0 aliphatic carbocycles. The summed E-state index contributed by atoms with van der Waals surface area (Å²) in [6, 6.07) is 0. The van der Waals surface area contributed by atoms with Gasteiger partial charge in [0.05, 0.1) is 17.5 Å². The van der Waals surface area contributed by atoms with Crippen molar-refractivity contribution >= 4 is 5.91 Å². The molecule has 2 heterocycles. The quantitative estimate of drug-likeness (QED) is 0.840. The molecule has 0 aromatic carbocycles. The fourth-order valence-corrected chi connectivity index (χ4v) is 1.59. The molecule has 2 rings (SSSR count). The van der Waals surface area contributed by atoms with Gasteiger partial charge in [0.15, 0.2) is 11.5 Å². The first-order valence-electron chi connectivity index (χ1n) is 4.75. The molecule has 0 spiro atoms. The summed E-state index contributed by atoms with van der Waals surface area (Å²) >= 11 is 0. The molecule has 0 aliphatic heterocycles. The lowest BCUT2D eigenvalue weighted by Gasteiger charge is -2.07. The molecule has 3 N–H and O–H groups in total. The number of rotatable bonds is 2. The van der Waals surface area contributed by atoms with Crippen molar-refractivity contribution in [3.8, 4) is 11.3 Å². The van der Waals surface area contributed by atoms with Crippen LogP contribution in [0.1, 0.15) is 16.3 Å². The maximum atomic E-state index is 12.7. The summed E-state index contributed by atoms with van der Waals surface area (Å²) in [5, 5.41) is 5.29. The summed E-state index contributed by atoms with van der Waals surface area (Å²) in [7, 11) is 1.40. The number of alkyl halides is 3. The predicted octanol–water partition coefficient (Wildman–Crippen LogP) is 0.928. The monoisotopic (exact) mass is 259 g/mol. The number of carbonyl (C=O) groups excluding carboxylic acids is 1. The zero-order chi connectivity index (χ0) is 13.5. The molecule has 0 unspecified atom stereocenters. The summed E-state index contributed by atoms with van der Waals surface area (Å²) in [6.07, 6.45) is -2.36. The second-order valence-electron chi connectivity index (χ2n) is 3.54. The number of halogens is 3. The number of nitrogens with two attached hydrogens (primary N) is 1. The number of hydrogen-bond acceptors (Lipinski definition) is 3. The summed E-state index contributed by atoms with van der Waals surface area (Å²) in [5.41, 5.74) is 3.88. The van der Waals surface area contributed by atoms with Gasteiger partial charge < -0.3 is 10.3 Å². The van der Waals surface area contributed by atoms with Crippen LogP contribution >= 0.6 is 0 Å². The number of aromatic amines is 1. The van der Waals surface area contributed by atoms with Crippen LogP contribution < -0.4 is 5.73 Å². The van der Waals surface area contributed by atoms with E-state index in [1.54, 1.807) is 0 Å². The van der Waals surface area contributed by atoms with Gasteiger partial charge in [-0.1, -0.05) is 0 Å². The van der Waals surface area contributed by atoms with Gasteiger partial charge in [-0.05, 0) is 0 Å². The summed E-state index contributed by atoms with van der Waals surface area (Å²) in [4.78, 5) is 14.7. The zero-order valence-electron chi connectivity index (χ0n) is 9.12. The van der Waals surface area contributed by atoms with Crippen molar-refractivity contribution in [3.05, 3.63) is 23.9 Å². The highest BCUT2D eigenvalue weighted by atomic mass is 19.4. The number of carbonyl (C=O) groups is 1.